The van der Waals surface area contributed by atoms with E-state index in [1.807, 2.05) is 30.3 Å². The van der Waals surface area contributed by atoms with Gasteiger partial charge in [0, 0.05) is 43.3 Å². The van der Waals surface area contributed by atoms with Gasteiger partial charge in [0.25, 0.3) is 0 Å². The van der Waals surface area contributed by atoms with Crippen molar-refractivity contribution in [3.05, 3.63) is 54.2 Å². The van der Waals surface area contributed by atoms with E-state index in [1.54, 1.807) is 0 Å². The fourth-order valence-electron chi connectivity index (χ4n) is 3.43. The Kier molecular flexibility index (Phi) is 3.89. The molecule has 23 heavy (non-hydrogen) atoms. The predicted molar refractivity (Wildman–Crippen MR) is 90.1 cm³/mol. The zero-order valence-electron chi connectivity index (χ0n) is 13.3. The molecule has 1 fully saturated rings. The van der Waals surface area contributed by atoms with Gasteiger partial charge < -0.3 is 19.6 Å². The molecule has 0 amide bonds. The molecule has 0 bridgehead atoms. The van der Waals surface area contributed by atoms with Gasteiger partial charge in [0.15, 0.2) is 0 Å². The summed E-state index contributed by atoms with van der Waals surface area (Å²) in [6.45, 7) is 1.68. The van der Waals surface area contributed by atoms with Crippen molar-refractivity contribution in [2.45, 2.75) is 31.5 Å². The average molecular weight is 310 g/mol. The van der Waals surface area contributed by atoms with Crippen LogP contribution in [-0.2, 0) is 18.3 Å². The van der Waals surface area contributed by atoms with Crippen LogP contribution >= 0.6 is 0 Å². The fraction of sp³-hybridized carbons (Fsp3) is 0.389. The molecule has 1 aliphatic rings. The zero-order valence-corrected chi connectivity index (χ0v) is 13.3. The summed E-state index contributed by atoms with van der Waals surface area (Å²) in [4.78, 5) is 7.48. The van der Waals surface area contributed by atoms with Crippen LogP contribution in [-0.4, -0.2) is 27.2 Å². The third-order valence-electron chi connectivity index (χ3n) is 4.73. The van der Waals surface area contributed by atoms with Crippen molar-refractivity contribution < 1.29 is 4.74 Å². The summed E-state index contributed by atoms with van der Waals surface area (Å²) in [5.41, 5.74) is 3.70. The minimum Gasteiger partial charge on any atom is -0.372 e. The van der Waals surface area contributed by atoms with Crippen LogP contribution in [0.25, 0.3) is 10.9 Å². The third kappa shape index (κ3) is 2.90. The number of imidazole rings is 1. The second-order valence-electron chi connectivity index (χ2n) is 6.25. The molecule has 2 aromatic heterocycles. The Labute approximate surface area is 135 Å². The number of H-pyrrole nitrogens is 1. The average Bonchev–Trinajstić information content (AvgIpc) is 3.22. The van der Waals surface area contributed by atoms with Crippen LogP contribution < -0.4 is 5.32 Å². The molecule has 120 valence electrons. The van der Waals surface area contributed by atoms with Crippen molar-refractivity contribution in [3.63, 3.8) is 0 Å². The Bertz CT molecular complexity index is 791. The first-order chi connectivity index (χ1) is 11.3. The number of fused-ring (bicyclic) bond motifs is 1. The van der Waals surface area contributed by atoms with Gasteiger partial charge in [-0.15, -0.1) is 0 Å². The number of aromatic amines is 1. The van der Waals surface area contributed by atoms with Gasteiger partial charge in [0.05, 0.1) is 18.2 Å². The van der Waals surface area contributed by atoms with E-state index in [9.17, 15) is 0 Å². The molecule has 5 heteroatoms. The van der Waals surface area contributed by atoms with Gasteiger partial charge in [0.2, 0.25) is 0 Å². The number of aryl methyl sites for hydroxylation is 1. The second kappa shape index (κ2) is 6.18. The largest absolute Gasteiger partial charge is 0.372 e. The monoisotopic (exact) mass is 310 g/mol. The van der Waals surface area contributed by atoms with Gasteiger partial charge in [0.1, 0.15) is 6.10 Å². The van der Waals surface area contributed by atoms with Crippen LogP contribution in [0.3, 0.4) is 0 Å². The molecule has 1 aromatic carbocycles. The fourth-order valence-corrected chi connectivity index (χ4v) is 3.43. The van der Waals surface area contributed by atoms with Crippen LogP contribution in [0.4, 0.5) is 0 Å². The van der Waals surface area contributed by atoms with Gasteiger partial charge in [-0.25, -0.2) is 4.98 Å². The quantitative estimate of drug-likeness (QED) is 0.779. The number of benzene rings is 1. The molecule has 2 N–H and O–H groups in total. The van der Waals surface area contributed by atoms with Crippen molar-refractivity contribution in [2.24, 2.45) is 7.05 Å². The maximum Gasteiger partial charge on any atom is 0.100 e. The van der Waals surface area contributed by atoms with Crippen molar-refractivity contribution in [1.29, 1.82) is 0 Å². The molecular weight excluding hydrogens is 288 g/mol. The van der Waals surface area contributed by atoms with Crippen molar-refractivity contribution >= 4 is 10.9 Å². The van der Waals surface area contributed by atoms with E-state index in [1.165, 1.54) is 16.5 Å². The Morgan fingerprint density at radius 1 is 1.39 bits per heavy atom. The maximum absolute atomic E-state index is 5.94. The Balaban J connectivity index is 1.43. The number of ether oxygens (including phenoxy) is 1. The first-order valence-electron chi connectivity index (χ1n) is 8.17. The molecule has 3 heterocycles. The number of hydrogen-bond acceptors (Lipinski definition) is 3. The number of nitrogens with zero attached hydrogens (tertiary/aromatic N) is 2. The van der Waals surface area contributed by atoms with Gasteiger partial charge in [-0.1, -0.05) is 12.1 Å². The number of nitrogens with one attached hydrogen (secondary N) is 2. The Hall–Kier alpha value is -2.11. The van der Waals surface area contributed by atoms with Crippen LogP contribution in [0.2, 0.25) is 0 Å². The van der Waals surface area contributed by atoms with Gasteiger partial charge in [-0.2, -0.15) is 0 Å². The standard InChI is InChI=1S/C18H22N4O/c1-22-12-19-11-17(22)18-9-14(6-8-23-18)21-10-13-3-2-4-16-15(13)5-7-20-16/h2-5,7,11-12,14,18,20-21H,6,8-10H2,1H3/t14-,18+/m1/s1. The Morgan fingerprint density at radius 3 is 3.22 bits per heavy atom. The third-order valence-corrected chi connectivity index (χ3v) is 4.73. The number of hydrogen-bond donors (Lipinski definition) is 2. The van der Waals surface area contributed by atoms with Gasteiger partial charge >= 0.3 is 0 Å². The summed E-state index contributed by atoms with van der Waals surface area (Å²) in [6, 6.07) is 9.04. The molecule has 0 radical (unpaired) electrons. The Morgan fingerprint density at radius 2 is 2.35 bits per heavy atom. The van der Waals surface area contributed by atoms with E-state index in [2.05, 4.69) is 39.6 Å². The van der Waals surface area contributed by atoms with Crippen LogP contribution in [0.5, 0.6) is 0 Å². The van der Waals surface area contributed by atoms with Gasteiger partial charge in [-0.05, 0) is 30.5 Å². The SMILES string of the molecule is Cn1cncc1[C@@H]1C[C@H](NCc2cccc3[nH]ccc23)CCO1. The summed E-state index contributed by atoms with van der Waals surface area (Å²) >= 11 is 0. The van der Waals surface area contributed by atoms with E-state index < -0.39 is 0 Å². The van der Waals surface area contributed by atoms with E-state index in [0.29, 0.717) is 6.04 Å². The first kappa shape index (κ1) is 14.5. The minimum absolute atomic E-state index is 0.136. The molecule has 2 atom stereocenters. The molecule has 0 spiro atoms. The summed E-state index contributed by atoms with van der Waals surface area (Å²) in [6.07, 6.45) is 7.92. The summed E-state index contributed by atoms with van der Waals surface area (Å²) < 4.78 is 7.99. The first-order valence-corrected chi connectivity index (χ1v) is 8.17. The molecule has 0 aliphatic carbocycles. The summed E-state index contributed by atoms with van der Waals surface area (Å²) in [5, 5.41) is 5.01. The zero-order chi connectivity index (χ0) is 15.6. The van der Waals surface area contributed by atoms with Crippen LogP contribution in [0.15, 0.2) is 43.0 Å². The minimum atomic E-state index is 0.136. The van der Waals surface area contributed by atoms with E-state index in [-0.39, 0.29) is 6.10 Å². The lowest BCUT2D eigenvalue weighted by molar-refractivity contribution is -0.00402. The molecule has 5 nitrogen and oxygen atoms in total. The van der Waals surface area contributed by atoms with E-state index in [0.717, 1.165) is 31.7 Å². The highest BCUT2D eigenvalue weighted by Gasteiger charge is 2.25. The number of rotatable bonds is 4. The van der Waals surface area contributed by atoms with Crippen molar-refractivity contribution in [1.82, 2.24) is 19.9 Å². The second-order valence-corrected chi connectivity index (χ2v) is 6.25. The smallest absolute Gasteiger partial charge is 0.100 e. The highest BCUT2D eigenvalue weighted by atomic mass is 16.5. The number of aromatic nitrogens is 3. The summed E-state index contributed by atoms with van der Waals surface area (Å²) in [7, 11) is 2.02. The van der Waals surface area contributed by atoms with E-state index in [4.69, 9.17) is 4.74 Å². The molecule has 0 unspecified atom stereocenters. The van der Waals surface area contributed by atoms with Crippen LogP contribution in [0, 0.1) is 0 Å². The molecule has 1 aliphatic heterocycles. The lowest BCUT2D eigenvalue weighted by Crippen LogP contribution is -2.36. The van der Waals surface area contributed by atoms with E-state index >= 15 is 0 Å². The molecule has 0 saturated carbocycles. The van der Waals surface area contributed by atoms with Crippen LogP contribution in [0.1, 0.15) is 30.2 Å². The topological polar surface area (TPSA) is 54.9 Å². The highest BCUT2D eigenvalue weighted by molar-refractivity contribution is 5.82. The normalized spacial score (nSPS) is 21.8. The molecule has 4 rings (SSSR count). The predicted octanol–water partition coefficient (Wildman–Crippen LogP) is 2.91. The molecular formula is C18H22N4O. The highest BCUT2D eigenvalue weighted by Crippen LogP contribution is 2.28. The molecule has 1 saturated heterocycles. The molecule has 3 aromatic rings. The summed E-state index contributed by atoms with van der Waals surface area (Å²) in [5.74, 6) is 0. The van der Waals surface area contributed by atoms with Crippen molar-refractivity contribution in [3.8, 4) is 0 Å². The lowest BCUT2D eigenvalue weighted by atomic mass is 10.0. The lowest BCUT2D eigenvalue weighted by Gasteiger charge is -2.30. The maximum atomic E-state index is 5.94. The van der Waals surface area contributed by atoms with Crippen molar-refractivity contribution in [2.75, 3.05) is 6.61 Å². The van der Waals surface area contributed by atoms with Gasteiger partial charge in [-0.3, -0.25) is 0 Å².